The summed E-state index contributed by atoms with van der Waals surface area (Å²) in [6, 6.07) is 60.5. The summed E-state index contributed by atoms with van der Waals surface area (Å²) in [5.41, 5.74) is 16.2. The molecule has 0 heterocycles. The van der Waals surface area contributed by atoms with E-state index < -0.39 is 0 Å². The Morgan fingerprint density at radius 2 is 0.425 bits per heavy atom. The quantitative estimate of drug-likeness (QED) is 0.122. The molecule has 4 N–H and O–H groups in total. The standard InChI is InChI=1S/4C17H17Cl2N/c4*1-20-17-9-7-12(13-4-2-3-5-14(13)17)11-6-8-15(18)16(19)10-11/h4*2-6,8,10,12,17,20H,7,9H2,1H3/t2*12-,17+;2*12-,17-/m1010/s1. The average molecular weight is 1220 g/mol. The Kier molecular flexibility index (Phi) is 21.5. The topological polar surface area (TPSA) is 48.1 Å². The molecule has 0 bridgehead atoms. The molecule has 4 nitrogen and oxygen atoms in total. The third-order valence-electron chi connectivity index (χ3n) is 16.7. The summed E-state index contributed by atoms with van der Waals surface area (Å²) in [7, 11) is 8.11. The fourth-order valence-corrected chi connectivity index (χ4v) is 13.9. The van der Waals surface area contributed by atoms with Gasteiger partial charge in [0.2, 0.25) is 0 Å². The van der Waals surface area contributed by atoms with E-state index >= 15 is 0 Å². The Morgan fingerprint density at radius 3 is 0.600 bits per heavy atom. The number of hydrogen-bond donors (Lipinski definition) is 4. The second-order valence-electron chi connectivity index (χ2n) is 21.1. The van der Waals surface area contributed by atoms with Crippen molar-refractivity contribution in [2.45, 2.75) is 99.2 Å². The fraction of sp³-hybridized carbons (Fsp3) is 0.294. The first-order valence-electron chi connectivity index (χ1n) is 27.7. The molecular weight excluding hydrogens is 1160 g/mol. The molecule has 8 aromatic rings. The first-order valence-corrected chi connectivity index (χ1v) is 30.7. The molecule has 0 spiro atoms. The first kappa shape index (κ1) is 60.5. The van der Waals surface area contributed by atoms with E-state index in [9.17, 15) is 0 Å². The van der Waals surface area contributed by atoms with Crippen molar-refractivity contribution in [1.82, 2.24) is 21.3 Å². The van der Waals surface area contributed by atoms with Crippen molar-refractivity contribution in [1.29, 1.82) is 0 Å². The van der Waals surface area contributed by atoms with Crippen LogP contribution in [-0.2, 0) is 0 Å². The molecule has 0 saturated carbocycles. The molecule has 4 aliphatic carbocycles. The number of rotatable bonds is 8. The number of benzene rings is 8. The molecular formula is C68H68Cl8N4. The molecule has 0 aromatic heterocycles. The average Bonchev–Trinajstić information content (AvgIpc) is 3.50. The second-order valence-corrected chi connectivity index (χ2v) is 24.4. The van der Waals surface area contributed by atoms with Crippen molar-refractivity contribution in [2.75, 3.05) is 28.2 Å². The van der Waals surface area contributed by atoms with Crippen LogP contribution in [0.4, 0.5) is 0 Å². The van der Waals surface area contributed by atoms with Gasteiger partial charge in [0.05, 0.1) is 40.2 Å². The van der Waals surface area contributed by atoms with Crippen LogP contribution in [0.15, 0.2) is 170 Å². The molecule has 80 heavy (non-hydrogen) atoms. The minimum Gasteiger partial charge on any atom is -0.313 e. The molecule has 8 atom stereocenters. The summed E-state index contributed by atoms with van der Waals surface area (Å²) in [6.07, 6.45) is 9.05. The summed E-state index contributed by atoms with van der Waals surface area (Å²) < 4.78 is 0. The highest BCUT2D eigenvalue weighted by molar-refractivity contribution is 6.43. The van der Waals surface area contributed by atoms with Gasteiger partial charge in [0.15, 0.2) is 0 Å². The van der Waals surface area contributed by atoms with Crippen molar-refractivity contribution < 1.29 is 0 Å². The highest BCUT2D eigenvalue weighted by Gasteiger charge is 2.31. The Balaban J connectivity index is 0.000000129. The van der Waals surface area contributed by atoms with Crippen LogP contribution in [0, 0.1) is 0 Å². The van der Waals surface area contributed by atoms with Crippen molar-refractivity contribution in [3.8, 4) is 0 Å². The van der Waals surface area contributed by atoms with E-state index in [2.05, 4.69) is 143 Å². The van der Waals surface area contributed by atoms with Crippen LogP contribution in [0.1, 0.15) is 166 Å². The van der Waals surface area contributed by atoms with Crippen LogP contribution < -0.4 is 21.3 Å². The lowest BCUT2D eigenvalue weighted by Gasteiger charge is -2.32. The molecule has 0 radical (unpaired) electrons. The van der Waals surface area contributed by atoms with Gasteiger partial charge in [0.25, 0.3) is 0 Å². The molecule has 0 fully saturated rings. The zero-order valence-electron chi connectivity index (χ0n) is 45.5. The van der Waals surface area contributed by atoms with Crippen LogP contribution in [0.5, 0.6) is 0 Å². The maximum absolute atomic E-state index is 6.17. The van der Waals surface area contributed by atoms with Crippen molar-refractivity contribution in [3.05, 3.63) is 277 Å². The highest BCUT2D eigenvalue weighted by Crippen LogP contribution is 2.46. The highest BCUT2D eigenvalue weighted by atomic mass is 35.5. The molecule has 12 rings (SSSR count). The van der Waals surface area contributed by atoms with E-state index in [1.807, 2.05) is 76.7 Å². The first-order chi connectivity index (χ1) is 38.8. The van der Waals surface area contributed by atoms with Gasteiger partial charge in [-0.15, -0.1) is 0 Å². The summed E-state index contributed by atoms with van der Waals surface area (Å²) >= 11 is 48.8. The van der Waals surface area contributed by atoms with E-state index in [0.29, 0.717) is 88.0 Å². The Labute approximate surface area is 514 Å². The lowest BCUT2D eigenvalue weighted by atomic mass is 9.77. The third-order valence-corrected chi connectivity index (χ3v) is 19.7. The van der Waals surface area contributed by atoms with Gasteiger partial charge in [-0.25, -0.2) is 0 Å². The molecule has 0 amide bonds. The predicted octanol–water partition coefficient (Wildman–Crippen LogP) is 20.7. The smallest absolute Gasteiger partial charge is 0.0595 e. The zero-order chi connectivity index (χ0) is 56.5. The minimum atomic E-state index is 0.408. The van der Waals surface area contributed by atoms with Crippen molar-refractivity contribution in [3.63, 3.8) is 0 Å². The Morgan fingerprint density at radius 1 is 0.237 bits per heavy atom. The predicted molar refractivity (Wildman–Crippen MR) is 343 cm³/mol. The van der Waals surface area contributed by atoms with E-state index in [0.717, 1.165) is 51.4 Å². The third kappa shape index (κ3) is 13.9. The molecule has 0 aliphatic heterocycles. The number of hydrogen-bond acceptors (Lipinski definition) is 4. The Bertz CT molecular complexity index is 2940. The number of fused-ring (bicyclic) bond motifs is 4. The molecule has 8 aromatic carbocycles. The van der Waals surface area contributed by atoms with E-state index in [4.69, 9.17) is 92.8 Å². The van der Waals surface area contributed by atoms with Gasteiger partial charge < -0.3 is 21.3 Å². The molecule has 0 unspecified atom stereocenters. The van der Waals surface area contributed by atoms with Gasteiger partial charge in [0, 0.05) is 47.8 Å². The van der Waals surface area contributed by atoms with Gasteiger partial charge in [-0.05, 0) is 195 Å². The van der Waals surface area contributed by atoms with Crippen molar-refractivity contribution >= 4 is 92.8 Å². The lowest BCUT2D eigenvalue weighted by molar-refractivity contribution is 0.471. The Hall–Kier alpha value is -4.08. The van der Waals surface area contributed by atoms with Crippen LogP contribution >= 0.6 is 92.8 Å². The van der Waals surface area contributed by atoms with Gasteiger partial charge in [-0.2, -0.15) is 0 Å². The maximum Gasteiger partial charge on any atom is 0.0595 e. The van der Waals surface area contributed by atoms with Gasteiger partial charge in [-0.3, -0.25) is 0 Å². The number of nitrogens with one attached hydrogen (secondary N) is 4. The zero-order valence-corrected chi connectivity index (χ0v) is 51.5. The summed E-state index contributed by atoms with van der Waals surface area (Å²) in [5.74, 6) is 1.63. The summed E-state index contributed by atoms with van der Waals surface area (Å²) in [6.45, 7) is 0. The molecule has 416 valence electrons. The second kappa shape index (κ2) is 28.5. The number of halogens is 8. The SMILES string of the molecule is CN[C@@H]1CC[C@@H](c2ccc(Cl)c(Cl)c2)c2ccccc21.CN[C@@H]1CC[C@H](c2ccc(Cl)c(Cl)c2)c2ccccc21.CN[C@H]1CC[C@@H](c2ccc(Cl)c(Cl)c2)c2ccccc21.CN[C@H]1CC[C@H](c2ccc(Cl)c(Cl)c2)c2ccccc21. The summed E-state index contributed by atoms with van der Waals surface area (Å²) in [4.78, 5) is 0. The normalized spacial score (nSPS) is 21.6. The monoisotopic (exact) mass is 1220 g/mol. The largest absolute Gasteiger partial charge is 0.313 e. The van der Waals surface area contributed by atoms with E-state index in [-0.39, 0.29) is 0 Å². The maximum atomic E-state index is 6.17. The van der Waals surface area contributed by atoms with Crippen LogP contribution in [0.25, 0.3) is 0 Å². The van der Waals surface area contributed by atoms with Crippen LogP contribution in [0.3, 0.4) is 0 Å². The fourth-order valence-electron chi connectivity index (χ4n) is 12.7. The van der Waals surface area contributed by atoms with Crippen molar-refractivity contribution in [2.24, 2.45) is 0 Å². The van der Waals surface area contributed by atoms with Gasteiger partial charge in [-0.1, -0.05) is 214 Å². The van der Waals surface area contributed by atoms with Gasteiger partial charge >= 0.3 is 0 Å². The molecule has 0 saturated heterocycles. The van der Waals surface area contributed by atoms with E-state index in [1.54, 1.807) is 0 Å². The molecule has 12 heteroatoms. The van der Waals surface area contributed by atoms with Gasteiger partial charge in [0.1, 0.15) is 0 Å². The van der Waals surface area contributed by atoms with Crippen LogP contribution in [0.2, 0.25) is 40.2 Å². The molecule has 4 aliphatic rings. The minimum absolute atomic E-state index is 0.408. The summed E-state index contributed by atoms with van der Waals surface area (Å²) in [5, 5.41) is 18.6. The van der Waals surface area contributed by atoms with Crippen LogP contribution in [-0.4, -0.2) is 28.2 Å². The van der Waals surface area contributed by atoms with E-state index in [1.165, 1.54) is 66.8 Å². The lowest BCUT2D eigenvalue weighted by Crippen LogP contribution is -2.24.